The number of Topliss-reactive ketones (excluding diaryl/α,β-unsaturated/α-hetero) is 1. The Morgan fingerprint density at radius 2 is 1.95 bits per heavy atom. The molecule has 2 fully saturated rings. The topological polar surface area (TPSA) is 81.1 Å². The van der Waals surface area contributed by atoms with E-state index in [1.54, 1.807) is 46.0 Å². The maximum atomic E-state index is 13.1. The molecule has 1 aromatic carbocycles. The van der Waals surface area contributed by atoms with Gasteiger partial charge in [-0.05, 0) is 87.3 Å². The Morgan fingerprint density at radius 1 is 1.15 bits per heavy atom. The van der Waals surface area contributed by atoms with Crippen LogP contribution in [0.3, 0.4) is 0 Å². The lowest BCUT2D eigenvalue weighted by Crippen LogP contribution is -2.27. The molecule has 0 N–H and O–H groups in total. The van der Waals surface area contributed by atoms with Crippen molar-refractivity contribution in [3.05, 3.63) is 73.8 Å². The minimum absolute atomic E-state index is 0. The van der Waals surface area contributed by atoms with Gasteiger partial charge < -0.3 is 9.47 Å². The quantitative estimate of drug-likeness (QED) is 0.279. The molecule has 2 aliphatic rings. The average molecular weight is 572 g/mol. The summed E-state index contributed by atoms with van der Waals surface area (Å²) in [5, 5.41) is 0. The number of halogens is 1. The number of ether oxygens (including phenoxy) is 2. The van der Waals surface area contributed by atoms with E-state index in [0.29, 0.717) is 45.9 Å². The Kier molecular flexibility index (Phi) is 9.48. The van der Waals surface area contributed by atoms with Gasteiger partial charge in [0.25, 0.3) is 5.56 Å². The number of hydrogen-bond donors (Lipinski definition) is 0. The van der Waals surface area contributed by atoms with Crippen LogP contribution < -0.4 is 15.2 Å². The zero-order valence-corrected chi connectivity index (χ0v) is 22.8. The van der Waals surface area contributed by atoms with E-state index in [1.807, 2.05) is 19.1 Å². The highest BCUT2D eigenvalue weighted by atomic mass is 35.5. The number of cyclic esters (lactones) is 1. The fourth-order valence-electron chi connectivity index (χ4n) is 4.90. The van der Waals surface area contributed by atoms with Crippen LogP contribution in [0.15, 0.2) is 53.5 Å². The summed E-state index contributed by atoms with van der Waals surface area (Å²) in [5.74, 6) is 0.310. The number of likely N-dealkylation sites (tertiary alicyclic amines) is 1. The molecule has 1 amide bonds. The monoisotopic (exact) mass is 571 g/mol. The fourth-order valence-corrected chi connectivity index (χ4v) is 5.92. The Labute approximate surface area is 237 Å². The van der Waals surface area contributed by atoms with Gasteiger partial charge in [-0.2, -0.15) is 0 Å². The van der Waals surface area contributed by atoms with Crippen molar-refractivity contribution in [2.75, 3.05) is 37.7 Å². The summed E-state index contributed by atoms with van der Waals surface area (Å²) in [5.41, 5.74) is 2.01. The van der Waals surface area contributed by atoms with E-state index in [2.05, 4.69) is 4.90 Å². The predicted octanol–water partition coefficient (Wildman–Crippen LogP) is 5.96. The van der Waals surface area contributed by atoms with Gasteiger partial charge in [-0.25, -0.2) is 4.79 Å². The maximum Gasteiger partial charge on any atom is 0.414 e. The highest BCUT2D eigenvalue weighted by Gasteiger charge is 2.33. The van der Waals surface area contributed by atoms with Gasteiger partial charge in [0, 0.05) is 24.8 Å². The van der Waals surface area contributed by atoms with Crippen molar-refractivity contribution in [3.8, 4) is 11.4 Å². The van der Waals surface area contributed by atoms with Crippen LogP contribution in [0.5, 0.6) is 5.75 Å². The number of benzene rings is 1. The molecule has 2 aliphatic heterocycles. The summed E-state index contributed by atoms with van der Waals surface area (Å²) >= 11 is 7.17. The fraction of sp³-hybridized carbons (Fsp3) is 0.414. The SMILES string of the molecule is C.Cc1cc(N2C[C@H](CCC(=O)c3ccc(Cl)s3)OC2=O)ccc1-n1cccc(OCCN2CCCC2)c1=O. The third-order valence-electron chi connectivity index (χ3n) is 6.94. The Balaban J connectivity index is 0.00000353. The first kappa shape index (κ1) is 28.9. The van der Waals surface area contributed by atoms with Crippen molar-refractivity contribution < 1.29 is 19.1 Å². The second-order valence-corrected chi connectivity index (χ2v) is 11.3. The molecule has 208 valence electrons. The summed E-state index contributed by atoms with van der Waals surface area (Å²) in [6.07, 6.45) is 4.05. The number of amides is 1. The van der Waals surface area contributed by atoms with Crippen LogP contribution in [-0.4, -0.2) is 60.2 Å². The van der Waals surface area contributed by atoms with Gasteiger partial charge in [0.1, 0.15) is 12.7 Å². The van der Waals surface area contributed by atoms with Gasteiger partial charge in [0.2, 0.25) is 0 Å². The van der Waals surface area contributed by atoms with Gasteiger partial charge >= 0.3 is 6.09 Å². The van der Waals surface area contributed by atoms with E-state index in [0.717, 1.165) is 25.2 Å². The molecule has 5 rings (SSSR count). The number of aryl methyl sites for hydroxylation is 1. The maximum absolute atomic E-state index is 13.1. The number of rotatable bonds is 10. The number of hydrogen-bond acceptors (Lipinski definition) is 7. The second-order valence-electron chi connectivity index (χ2n) is 9.60. The largest absolute Gasteiger partial charge is 0.487 e. The van der Waals surface area contributed by atoms with Crippen LogP contribution in [0.2, 0.25) is 4.34 Å². The molecule has 2 saturated heterocycles. The molecule has 0 radical (unpaired) electrons. The molecule has 3 aromatic rings. The summed E-state index contributed by atoms with van der Waals surface area (Å²) in [6.45, 7) is 5.71. The summed E-state index contributed by atoms with van der Waals surface area (Å²) in [4.78, 5) is 42.6. The Hall–Kier alpha value is -3.14. The van der Waals surface area contributed by atoms with Crippen LogP contribution in [-0.2, 0) is 4.74 Å². The molecule has 0 spiro atoms. The number of pyridine rings is 1. The lowest BCUT2D eigenvalue weighted by molar-refractivity contribution is 0.0943. The number of nitrogens with zero attached hydrogens (tertiary/aromatic N) is 3. The Morgan fingerprint density at radius 3 is 2.67 bits per heavy atom. The van der Waals surface area contributed by atoms with Crippen molar-refractivity contribution >= 4 is 40.5 Å². The molecule has 0 unspecified atom stereocenters. The number of ketones is 1. The van der Waals surface area contributed by atoms with E-state index in [1.165, 1.54) is 24.2 Å². The van der Waals surface area contributed by atoms with Gasteiger partial charge in [0.15, 0.2) is 11.5 Å². The lowest BCUT2D eigenvalue weighted by Gasteiger charge is -2.17. The third-order valence-corrected chi connectivity index (χ3v) is 8.22. The standard InChI is InChI=1S/C28H30ClN3O5S.CH4/c1-19-17-20(32-18-21(37-28(32)35)7-9-23(33)25-10-11-26(29)38-25)6-8-22(19)31-14-4-5-24(27(31)34)36-16-15-30-12-2-3-13-30;/h4-6,8,10-11,14,17,21H,2-3,7,9,12-13,15-16,18H2,1H3;1H4/t21-;/m0./s1. The van der Waals surface area contributed by atoms with Crippen molar-refractivity contribution in [1.29, 1.82) is 0 Å². The predicted molar refractivity (Wildman–Crippen MR) is 155 cm³/mol. The lowest BCUT2D eigenvalue weighted by atomic mass is 10.1. The van der Waals surface area contributed by atoms with E-state index >= 15 is 0 Å². The molecule has 2 aromatic heterocycles. The first-order chi connectivity index (χ1) is 18.4. The molecule has 4 heterocycles. The summed E-state index contributed by atoms with van der Waals surface area (Å²) in [7, 11) is 0. The third kappa shape index (κ3) is 6.72. The van der Waals surface area contributed by atoms with Crippen LogP contribution in [0.1, 0.15) is 48.3 Å². The van der Waals surface area contributed by atoms with Crippen molar-refractivity contribution in [2.45, 2.75) is 46.1 Å². The van der Waals surface area contributed by atoms with E-state index in [4.69, 9.17) is 21.1 Å². The number of aromatic nitrogens is 1. The highest BCUT2D eigenvalue weighted by Crippen LogP contribution is 2.28. The highest BCUT2D eigenvalue weighted by molar-refractivity contribution is 7.18. The van der Waals surface area contributed by atoms with Gasteiger partial charge in [0.05, 0.1) is 21.4 Å². The smallest absolute Gasteiger partial charge is 0.414 e. The first-order valence-corrected chi connectivity index (χ1v) is 14.0. The van der Waals surface area contributed by atoms with Crippen molar-refractivity contribution in [2.24, 2.45) is 0 Å². The zero-order chi connectivity index (χ0) is 26.6. The summed E-state index contributed by atoms with van der Waals surface area (Å²) < 4.78 is 13.5. The normalized spacial score (nSPS) is 17.2. The molecule has 39 heavy (non-hydrogen) atoms. The molecular weight excluding hydrogens is 538 g/mol. The molecule has 0 aliphatic carbocycles. The molecule has 0 bridgehead atoms. The van der Waals surface area contributed by atoms with Crippen molar-refractivity contribution in [1.82, 2.24) is 9.47 Å². The zero-order valence-electron chi connectivity index (χ0n) is 21.2. The average Bonchev–Trinajstić information content (AvgIpc) is 3.66. The van der Waals surface area contributed by atoms with Gasteiger partial charge in [-0.15, -0.1) is 11.3 Å². The molecule has 1 atom stereocenters. The summed E-state index contributed by atoms with van der Waals surface area (Å²) in [6, 6.07) is 12.4. The first-order valence-electron chi connectivity index (χ1n) is 12.8. The Bertz CT molecular complexity index is 1380. The van der Waals surface area contributed by atoms with Crippen molar-refractivity contribution in [3.63, 3.8) is 0 Å². The van der Waals surface area contributed by atoms with E-state index in [-0.39, 0.29) is 31.3 Å². The number of thiophene rings is 1. The second kappa shape index (κ2) is 12.8. The van der Waals surface area contributed by atoms with E-state index < -0.39 is 6.09 Å². The molecule has 10 heteroatoms. The minimum atomic E-state index is -0.445. The van der Waals surface area contributed by atoms with Gasteiger partial charge in [-0.1, -0.05) is 19.0 Å². The molecule has 8 nitrogen and oxygen atoms in total. The number of carbonyl (C=O) groups excluding carboxylic acids is 2. The van der Waals surface area contributed by atoms with Crippen LogP contribution in [0.4, 0.5) is 10.5 Å². The van der Waals surface area contributed by atoms with Gasteiger partial charge in [-0.3, -0.25) is 24.0 Å². The van der Waals surface area contributed by atoms with Crippen LogP contribution in [0.25, 0.3) is 5.69 Å². The van der Waals surface area contributed by atoms with Crippen LogP contribution in [0, 0.1) is 6.92 Å². The minimum Gasteiger partial charge on any atom is -0.487 e. The van der Waals surface area contributed by atoms with Crippen LogP contribution >= 0.6 is 22.9 Å². The van der Waals surface area contributed by atoms with E-state index in [9.17, 15) is 14.4 Å². The number of carbonyl (C=O) groups is 2. The molecular formula is C29H34ClN3O5S. The molecule has 0 saturated carbocycles. The number of anilines is 1.